The van der Waals surface area contributed by atoms with E-state index in [-0.39, 0.29) is 11.5 Å². The smallest absolute Gasteiger partial charge is 0.0692 e. The minimum absolute atomic E-state index is 0.158. The molecule has 1 aliphatic rings. The van der Waals surface area contributed by atoms with Crippen molar-refractivity contribution in [3.63, 3.8) is 0 Å². The van der Waals surface area contributed by atoms with Crippen LogP contribution in [0.5, 0.6) is 0 Å². The van der Waals surface area contributed by atoms with Crippen LogP contribution in [0.15, 0.2) is 0 Å². The Balaban J connectivity index is 1.95. The number of nitrogens with zero attached hydrogens (tertiary/aromatic N) is 1. The summed E-state index contributed by atoms with van der Waals surface area (Å²) < 4.78 is 0. The fourth-order valence-electron chi connectivity index (χ4n) is 1.61. The van der Waals surface area contributed by atoms with Crippen molar-refractivity contribution in [1.29, 1.82) is 5.26 Å². The van der Waals surface area contributed by atoms with Crippen molar-refractivity contribution in [2.75, 3.05) is 13.1 Å². The molecule has 0 radical (unpaired) electrons. The lowest BCUT2D eigenvalue weighted by Crippen LogP contribution is -2.29. The maximum atomic E-state index is 9.58. The Labute approximate surface area is 92.5 Å². The Hall–Kier alpha value is -0.590. The van der Waals surface area contributed by atoms with Crippen LogP contribution < -0.4 is 5.32 Å². The van der Waals surface area contributed by atoms with E-state index in [0.29, 0.717) is 12.5 Å². The highest BCUT2D eigenvalue weighted by atomic mass is 16.3. The minimum Gasteiger partial charge on any atom is -0.392 e. The standard InChI is InChI=1S/C12H22N2O/c1-12(2,9-13)6-3-7-14-8-11(15)10-4-5-10/h10-11,14-15H,3-8H2,1-2H3. The van der Waals surface area contributed by atoms with Crippen LogP contribution in [-0.2, 0) is 0 Å². The Bertz CT molecular complexity index is 228. The molecule has 0 aromatic heterocycles. The van der Waals surface area contributed by atoms with Gasteiger partial charge in [0.1, 0.15) is 0 Å². The van der Waals surface area contributed by atoms with E-state index in [0.717, 1.165) is 19.4 Å². The highest BCUT2D eigenvalue weighted by Crippen LogP contribution is 2.32. The minimum atomic E-state index is -0.212. The number of aliphatic hydroxyl groups excluding tert-OH is 1. The first-order chi connectivity index (χ1) is 7.05. The predicted molar refractivity (Wildman–Crippen MR) is 60.2 cm³/mol. The molecule has 0 aromatic rings. The van der Waals surface area contributed by atoms with E-state index >= 15 is 0 Å². The van der Waals surface area contributed by atoms with Gasteiger partial charge in [0.15, 0.2) is 0 Å². The zero-order valence-corrected chi connectivity index (χ0v) is 9.79. The average molecular weight is 210 g/mol. The van der Waals surface area contributed by atoms with Crippen LogP contribution >= 0.6 is 0 Å². The van der Waals surface area contributed by atoms with Crippen molar-refractivity contribution < 1.29 is 5.11 Å². The summed E-state index contributed by atoms with van der Waals surface area (Å²) in [6.45, 7) is 5.53. The second kappa shape index (κ2) is 5.48. The van der Waals surface area contributed by atoms with Crippen LogP contribution in [0.3, 0.4) is 0 Å². The van der Waals surface area contributed by atoms with Crippen molar-refractivity contribution in [3.8, 4) is 6.07 Å². The van der Waals surface area contributed by atoms with Crippen LogP contribution in [0.25, 0.3) is 0 Å². The van der Waals surface area contributed by atoms with Gasteiger partial charge in [-0.05, 0) is 52.0 Å². The normalized spacial score (nSPS) is 18.5. The summed E-state index contributed by atoms with van der Waals surface area (Å²) in [5.74, 6) is 0.549. The first kappa shape index (κ1) is 12.5. The van der Waals surface area contributed by atoms with E-state index in [1.54, 1.807) is 0 Å². The lowest BCUT2D eigenvalue weighted by atomic mass is 9.90. The molecule has 1 saturated carbocycles. The van der Waals surface area contributed by atoms with Crippen molar-refractivity contribution in [2.24, 2.45) is 11.3 Å². The molecule has 1 unspecified atom stereocenters. The zero-order valence-electron chi connectivity index (χ0n) is 9.79. The van der Waals surface area contributed by atoms with Crippen LogP contribution in [-0.4, -0.2) is 24.3 Å². The molecule has 15 heavy (non-hydrogen) atoms. The van der Waals surface area contributed by atoms with Gasteiger partial charge in [-0.1, -0.05) is 0 Å². The Morgan fingerprint density at radius 2 is 2.20 bits per heavy atom. The third kappa shape index (κ3) is 5.15. The van der Waals surface area contributed by atoms with Gasteiger partial charge < -0.3 is 10.4 Å². The fraction of sp³-hybridized carbons (Fsp3) is 0.917. The van der Waals surface area contributed by atoms with Crippen molar-refractivity contribution in [1.82, 2.24) is 5.32 Å². The predicted octanol–water partition coefficient (Wildman–Crippen LogP) is 1.68. The molecule has 2 N–H and O–H groups in total. The molecule has 1 rings (SSSR count). The molecule has 0 bridgehead atoms. The lowest BCUT2D eigenvalue weighted by molar-refractivity contribution is 0.148. The topological polar surface area (TPSA) is 56.0 Å². The Morgan fingerprint density at radius 1 is 1.53 bits per heavy atom. The summed E-state index contributed by atoms with van der Waals surface area (Å²) in [6, 6.07) is 2.29. The Kier molecular flexibility index (Phi) is 4.56. The lowest BCUT2D eigenvalue weighted by Gasteiger charge is -2.15. The quantitative estimate of drug-likeness (QED) is 0.629. The van der Waals surface area contributed by atoms with Gasteiger partial charge in [-0.2, -0.15) is 5.26 Å². The van der Waals surface area contributed by atoms with Crippen molar-refractivity contribution in [2.45, 2.75) is 45.6 Å². The molecule has 0 amide bonds. The number of nitriles is 1. The van der Waals surface area contributed by atoms with Gasteiger partial charge in [-0.3, -0.25) is 0 Å². The molecule has 0 heterocycles. The summed E-state index contributed by atoms with van der Waals surface area (Å²) in [6.07, 6.45) is 4.12. The van der Waals surface area contributed by atoms with Crippen LogP contribution in [0, 0.1) is 22.7 Å². The van der Waals surface area contributed by atoms with Crippen molar-refractivity contribution in [3.05, 3.63) is 0 Å². The number of hydrogen-bond acceptors (Lipinski definition) is 3. The van der Waals surface area contributed by atoms with Crippen LogP contribution in [0.2, 0.25) is 0 Å². The summed E-state index contributed by atoms with van der Waals surface area (Å²) in [4.78, 5) is 0. The van der Waals surface area contributed by atoms with Gasteiger partial charge in [0.2, 0.25) is 0 Å². The van der Waals surface area contributed by atoms with Gasteiger partial charge >= 0.3 is 0 Å². The number of nitrogens with one attached hydrogen (secondary N) is 1. The molecule has 1 fully saturated rings. The summed E-state index contributed by atoms with van der Waals surface area (Å²) in [5, 5.41) is 21.6. The molecule has 0 saturated heterocycles. The van der Waals surface area contributed by atoms with Gasteiger partial charge in [-0.25, -0.2) is 0 Å². The van der Waals surface area contributed by atoms with Crippen molar-refractivity contribution >= 4 is 0 Å². The number of aliphatic hydroxyl groups is 1. The molecular weight excluding hydrogens is 188 g/mol. The molecule has 0 spiro atoms. The van der Waals surface area contributed by atoms with E-state index in [2.05, 4.69) is 11.4 Å². The Morgan fingerprint density at radius 3 is 2.73 bits per heavy atom. The second-order valence-corrected chi connectivity index (χ2v) is 5.21. The van der Waals surface area contributed by atoms with E-state index in [4.69, 9.17) is 5.26 Å². The molecule has 86 valence electrons. The second-order valence-electron chi connectivity index (χ2n) is 5.21. The highest BCUT2D eigenvalue weighted by Gasteiger charge is 2.29. The fourth-order valence-corrected chi connectivity index (χ4v) is 1.61. The third-order valence-corrected chi connectivity index (χ3v) is 2.98. The maximum Gasteiger partial charge on any atom is 0.0692 e. The van der Waals surface area contributed by atoms with Crippen LogP contribution in [0.4, 0.5) is 0 Å². The monoisotopic (exact) mass is 210 g/mol. The summed E-state index contributed by atoms with van der Waals surface area (Å²) in [5.41, 5.74) is -0.212. The molecular formula is C12H22N2O. The van der Waals surface area contributed by atoms with Gasteiger partial charge in [0.25, 0.3) is 0 Å². The maximum absolute atomic E-state index is 9.58. The zero-order chi connectivity index (χ0) is 11.3. The molecule has 0 aliphatic heterocycles. The average Bonchev–Trinajstić information content (AvgIpc) is 3.00. The molecule has 0 aromatic carbocycles. The van der Waals surface area contributed by atoms with E-state index < -0.39 is 0 Å². The van der Waals surface area contributed by atoms with Crippen LogP contribution in [0.1, 0.15) is 39.5 Å². The first-order valence-electron chi connectivity index (χ1n) is 5.85. The summed E-state index contributed by atoms with van der Waals surface area (Å²) in [7, 11) is 0. The van der Waals surface area contributed by atoms with Gasteiger partial charge in [0, 0.05) is 6.54 Å². The van der Waals surface area contributed by atoms with Gasteiger partial charge in [-0.15, -0.1) is 0 Å². The molecule has 1 atom stereocenters. The summed E-state index contributed by atoms with van der Waals surface area (Å²) >= 11 is 0. The molecule has 1 aliphatic carbocycles. The first-order valence-corrected chi connectivity index (χ1v) is 5.85. The molecule has 3 heteroatoms. The van der Waals surface area contributed by atoms with E-state index in [1.807, 2.05) is 13.8 Å². The van der Waals surface area contributed by atoms with E-state index in [1.165, 1.54) is 12.8 Å². The van der Waals surface area contributed by atoms with E-state index in [9.17, 15) is 5.11 Å². The third-order valence-electron chi connectivity index (χ3n) is 2.98. The number of hydrogen-bond donors (Lipinski definition) is 2. The van der Waals surface area contributed by atoms with Gasteiger partial charge in [0.05, 0.1) is 17.6 Å². The number of rotatable bonds is 7. The SMILES string of the molecule is CC(C)(C#N)CCCNCC(O)C1CC1. The highest BCUT2D eigenvalue weighted by molar-refractivity contribution is 4.91. The molecule has 3 nitrogen and oxygen atoms in total. The largest absolute Gasteiger partial charge is 0.392 e.